The van der Waals surface area contributed by atoms with Crippen LogP contribution in [0.4, 0.5) is 0 Å². The van der Waals surface area contributed by atoms with Crippen LogP contribution in [-0.4, -0.2) is 23.1 Å². The second-order valence-corrected chi connectivity index (χ2v) is 4.69. The summed E-state index contributed by atoms with van der Waals surface area (Å²) in [6.45, 7) is 0. The van der Waals surface area contributed by atoms with Gasteiger partial charge in [-0.25, -0.2) is 0 Å². The number of nitrogens with one attached hydrogen (secondary N) is 2. The number of rotatable bonds is 3. The third kappa shape index (κ3) is 3.36. The zero-order valence-corrected chi connectivity index (χ0v) is 11.6. The second-order valence-electron chi connectivity index (χ2n) is 3.84. The van der Waals surface area contributed by atoms with Crippen molar-refractivity contribution in [1.29, 1.82) is 0 Å². The molecule has 2 aromatic rings. The summed E-state index contributed by atoms with van der Waals surface area (Å²) in [5, 5.41) is 0. The molecule has 2 rings (SSSR count). The monoisotopic (exact) mass is 287 g/mol. The SMILES string of the molecule is CSc1ccccc1C(=O)NNC(=O)c1ccncc1. The molecule has 1 aromatic heterocycles. The lowest BCUT2D eigenvalue weighted by Crippen LogP contribution is -2.41. The van der Waals surface area contributed by atoms with E-state index in [-0.39, 0.29) is 11.8 Å². The molecule has 0 bridgehead atoms. The van der Waals surface area contributed by atoms with Crippen molar-refractivity contribution in [1.82, 2.24) is 15.8 Å². The van der Waals surface area contributed by atoms with Crippen molar-refractivity contribution >= 4 is 23.6 Å². The Morgan fingerprint density at radius 2 is 1.65 bits per heavy atom. The third-order valence-corrected chi connectivity index (χ3v) is 3.38. The molecule has 102 valence electrons. The minimum Gasteiger partial charge on any atom is -0.267 e. The highest BCUT2D eigenvalue weighted by atomic mass is 32.2. The topological polar surface area (TPSA) is 71.1 Å². The Kier molecular flexibility index (Phi) is 4.73. The highest BCUT2D eigenvalue weighted by Gasteiger charge is 2.11. The summed E-state index contributed by atoms with van der Waals surface area (Å²) in [5.74, 6) is -0.736. The van der Waals surface area contributed by atoms with Crippen molar-refractivity contribution in [3.63, 3.8) is 0 Å². The summed E-state index contributed by atoms with van der Waals surface area (Å²) in [4.78, 5) is 28.5. The van der Waals surface area contributed by atoms with Crippen LogP contribution in [0.3, 0.4) is 0 Å². The van der Waals surface area contributed by atoms with Gasteiger partial charge in [-0.3, -0.25) is 25.4 Å². The summed E-state index contributed by atoms with van der Waals surface area (Å²) >= 11 is 1.47. The van der Waals surface area contributed by atoms with Crippen molar-refractivity contribution in [2.75, 3.05) is 6.26 Å². The molecular formula is C14H13N3O2S. The van der Waals surface area contributed by atoms with Gasteiger partial charge in [0.15, 0.2) is 0 Å². The minimum absolute atomic E-state index is 0.350. The molecule has 0 fully saturated rings. The first-order chi connectivity index (χ1) is 9.72. The van der Waals surface area contributed by atoms with Crippen LogP contribution in [0.25, 0.3) is 0 Å². The fourth-order valence-corrected chi connectivity index (χ4v) is 2.18. The molecule has 1 aromatic carbocycles. The molecule has 2 N–H and O–H groups in total. The zero-order valence-electron chi connectivity index (χ0n) is 10.8. The average Bonchev–Trinajstić information content (AvgIpc) is 2.53. The van der Waals surface area contributed by atoms with Gasteiger partial charge in [0, 0.05) is 22.9 Å². The number of aromatic nitrogens is 1. The van der Waals surface area contributed by atoms with Crippen LogP contribution in [-0.2, 0) is 0 Å². The Morgan fingerprint density at radius 3 is 2.35 bits per heavy atom. The fraction of sp³-hybridized carbons (Fsp3) is 0.0714. The van der Waals surface area contributed by atoms with Gasteiger partial charge in [0.25, 0.3) is 11.8 Å². The summed E-state index contributed by atoms with van der Waals surface area (Å²) < 4.78 is 0. The normalized spacial score (nSPS) is 9.85. The molecule has 0 radical (unpaired) electrons. The Bertz CT molecular complexity index is 617. The van der Waals surface area contributed by atoms with Gasteiger partial charge in [0.2, 0.25) is 0 Å². The van der Waals surface area contributed by atoms with Crippen molar-refractivity contribution < 1.29 is 9.59 Å². The van der Waals surface area contributed by atoms with Crippen molar-refractivity contribution in [3.05, 3.63) is 59.9 Å². The van der Waals surface area contributed by atoms with Gasteiger partial charge in [-0.05, 0) is 30.5 Å². The predicted octanol–water partition coefficient (Wildman–Crippen LogP) is 1.88. The van der Waals surface area contributed by atoms with E-state index in [0.29, 0.717) is 11.1 Å². The van der Waals surface area contributed by atoms with Crippen molar-refractivity contribution in [2.45, 2.75) is 4.90 Å². The number of amides is 2. The Morgan fingerprint density at radius 1 is 1.00 bits per heavy atom. The van der Waals surface area contributed by atoms with E-state index in [4.69, 9.17) is 0 Å². The number of pyridine rings is 1. The molecule has 0 aliphatic heterocycles. The minimum atomic E-state index is -0.387. The zero-order chi connectivity index (χ0) is 14.4. The molecule has 0 spiro atoms. The molecule has 0 saturated heterocycles. The van der Waals surface area contributed by atoms with Gasteiger partial charge in [-0.15, -0.1) is 11.8 Å². The molecule has 0 atom stereocenters. The molecule has 5 nitrogen and oxygen atoms in total. The summed E-state index contributed by atoms with van der Waals surface area (Å²) in [5.41, 5.74) is 5.73. The Labute approximate surface area is 120 Å². The molecule has 0 aliphatic rings. The number of thioether (sulfide) groups is 1. The highest BCUT2D eigenvalue weighted by molar-refractivity contribution is 7.98. The van der Waals surface area contributed by atoms with Gasteiger partial charge >= 0.3 is 0 Å². The van der Waals surface area contributed by atoms with E-state index in [1.165, 1.54) is 24.2 Å². The predicted molar refractivity (Wildman–Crippen MR) is 77.4 cm³/mol. The fourth-order valence-electron chi connectivity index (χ4n) is 1.59. The molecular weight excluding hydrogens is 274 g/mol. The number of benzene rings is 1. The molecule has 6 heteroatoms. The Hall–Kier alpha value is -2.34. The quantitative estimate of drug-likeness (QED) is 0.668. The first kappa shape index (κ1) is 14.1. The van der Waals surface area contributed by atoms with Crippen LogP contribution < -0.4 is 10.9 Å². The summed E-state index contributed by atoms with van der Waals surface area (Å²) in [6.07, 6.45) is 4.92. The van der Waals surface area contributed by atoms with E-state index in [1.807, 2.05) is 18.4 Å². The number of hydrogen-bond acceptors (Lipinski definition) is 4. The lowest BCUT2D eigenvalue weighted by Gasteiger charge is -2.09. The van der Waals surface area contributed by atoms with Crippen molar-refractivity contribution in [3.8, 4) is 0 Å². The number of carbonyl (C=O) groups is 2. The Balaban J connectivity index is 2.01. The highest BCUT2D eigenvalue weighted by Crippen LogP contribution is 2.19. The van der Waals surface area contributed by atoms with Crippen LogP contribution in [0.15, 0.2) is 53.7 Å². The van der Waals surface area contributed by atoms with Crippen LogP contribution in [0.5, 0.6) is 0 Å². The van der Waals surface area contributed by atoms with Gasteiger partial charge in [-0.1, -0.05) is 12.1 Å². The number of nitrogens with zero attached hydrogens (tertiary/aromatic N) is 1. The largest absolute Gasteiger partial charge is 0.270 e. The van der Waals surface area contributed by atoms with Crippen LogP contribution in [0, 0.1) is 0 Å². The first-order valence-corrected chi connectivity index (χ1v) is 7.08. The number of hydrogen-bond donors (Lipinski definition) is 2. The van der Waals surface area contributed by atoms with E-state index in [0.717, 1.165) is 4.90 Å². The van der Waals surface area contributed by atoms with E-state index < -0.39 is 0 Å². The lowest BCUT2D eigenvalue weighted by atomic mass is 10.2. The van der Waals surface area contributed by atoms with E-state index in [2.05, 4.69) is 15.8 Å². The van der Waals surface area contributed by atoms with Crippen molar-refractivity contribution in [2.24, 2.45) is 0 Å². The molecule has 0 saturated carbocycles. The maximum atomic E-state index is 12.0. The first-order valence-electron chi connectivity index (χ1n) is 5.86. The van der Waals surface area contributed by atoms with E-state index in [1.54, 1.807) is 24.3 Å². The standard InChI is InChI=1S/C14H13N3O2S/c1-20-12-5-3-2-4-11(12)14(19)17-16-13(18)10-6-8-15-9-7-10/h2-9H,1H3,(H,16,18)(H,17,19). The number of hydrazine groups is 1. The van der Waals surface area contributed by atoms with Gasteiger partial charge in [-0.2, -0.15) is 0 Å². The second kappa shape index (κ2) is 6.72. The number of carbonyl (C=O) groups excluding carboxylic acids is 2. The summed E-state index contributed by atoms with van der Waals surface area (Å²) in [7, 11) is 0. The molecule has 20 heavy (non-hydrogen) atoms. The molecule has 0 aliphatic carbocycles. The smallest absolute Gasteiger partial charge is 0.267 e. The third-order valence-electron chi connectivity index (χ3n) is 2.58. The molecule has 0 unspecified atom stereocenters. The van der Waals surface area contributed by atoms with Gasteiger partial charge in [0.05, 0.1) is 5.56 Å². The van der Waals surface area contributed by atoms with E-state index >= 15 is 0 Å². The van der Waals surface area contributed by atoms with Crippen LogP contribution in [0.2, 0.25) is 0 Å². The van der Waals surface area contributed by atoms with Crippen LogP contribution >= 0.6 is 11.8 Å². The maximum absolute atomic E-state index is 12.0. The van der Waals surface area contributed by atoms with Gasteiger partial charge < -0.3 is 0 Å². The molecule has 1 heterocycles. The molecule has 2 amide bonds. The lowest BCUT2D eigenvalue weighted by molar-refractivity contribution is 0.0845. The van der Waals surface area contributed by atoms with Gasteiger partial charge in [0.1, 0.15) is 0 Å². The van der Waals surface area contributed by atoms with E-state index in [9.17, 15) is 9.59 Å². The average molecular weight is 287 g/mol. The summed E-state index contributed by atoms with van der Waals surface area (Å²) in [6, 6.07) is 10.3. The maximum Gasteiger partial charge on any atom is 0.270 e. The van der Waals surface area contributed by atoms with Crippen LogP contribution in [0.1, 0.15) is 20.7 Å².